The molecule has 2 rings (SSSR count). The minimum atomic E-state index is 0.608. The van der Waals surface area contributed by atoms with Gasteiger partial charge in [0.2, 0.25) is 0 Å². The molecular weight excluding hydrogens is 280 g/mol. The Morgan fingerprint density at radius 2 is 2.23 bits per heavy atom. The molecule has 22 heavy (non-hydrogen) atoms. The summed E-state index contributed by atoms with van der Waals surface area (Å²) in [4.78, 5) is 6.75. The van der Waals surface area contributed by atoms with Crippen molar-refractivity contribution in [3.63, 3.8) is 0 Å². The summed E-state index contributed by atoms with van der Waals surface area (Å²) in [6.07, 6.45) is 1.58. The normalized spacial score (nSPS) is 11.8. The van der Waals surface area contributed by atoms with Crippen LogP contribution in [0.3, 0.4) is 0 Å². The van der Waals surface area contributed by atoms with Gasteiger partial charge in [0.1, 0.15) is 12.0 Å². The third-order valence-corrected chi connectivity index (χ3v) is 3.63. The third kappa shape index (κ3) is 3.66. The van der Waals surface area contributed by atoms with Crippen molar-refractivity contribution in [3.8, 4) is 0 Å². The molecule has 0 atom stereocenters. The molecule has 7 nitrogen and oxygen atoms in total. The zero-order valence-corrected chi connectivity index (χ0v) is 13.9. The largest absolute Gasteiger partial charge is 0.364 e. The van der Waals surface area contributed by atoms with Crippen molar-refractivity contribution in [2.45, 2.75) is 33.9 Å². The highest BCUT2D eigenvalue weighted by Gasteiger charge is 2.11. The summed E-state index contributed by atoms with van der Waals surface area (Å²) >= 11 is 0. The maximum absolute atomic E-state index is 4.87. The third-order valence-electron chi connectivity index (χ3n) is 3.63. The number of aromatic nitrogens is 3. The molecule has 0 unspecified atom stereocenters. The second-order valence-corrected chi connectivity index (χ2v) is 5.29. The van der Waals surface area contributed by atoms with Crippen LogP contribution in [0.15, 0.2) is 21.8 Å². The van der Waals surface area contributed by atoms with E-state index in [2.05, 4.69) is 29.4 Å². The van der Waals surface area contributed by atoms with Gasteiger partial charge in [-0.2, -0.15) is 5.10 Å². The first-order chi connectivity index (χ1) is 10.5. The smallest absolute Gasteiger partial charge is 0.194 e. The van der Waals surface area contributed by atoms with Crippen molar-refractivity contribution in [3.05, 3.63) is 35.0 Å². The molecule has 0 saturated carbocycles. The summed E-state index contributed by atoms with van der Waals surface area (Å²) < 4.78 is 6.77. The number of aliphatic imine (C=N–C) groups is 1. The number of hydrogen-bond donors (Lipinski definition) is 1. The van der Waals surface area contributed by atoms with Crippen LogP contribution in [0, 0.1) is 13.8 Å². The minimum absolute atomic E-state index is 0.608. The van der Waals surface area contributed by atoms with Crippen LogP contribution in [0.1, 0.15) is 29.6 Å². The summed E-state index contributed by atoms with van der Waals surface area (Å²) in [6.45, 7) is 8.21. The van der Waals surface area contributed by atoms with E-state index in [0.29, 0.717) is 13.1 Å². The van der Waals surface area contributed by atoms with Crippen LogP contribution in [0.5, 0.6) is 0 Å². The maximum atomic E-state index is 4.87. The number of rotatable bonds is 5. The Labute approximate surface area is 131 Å². The van der Waals surface area contributed by atoms with E-state index in [-0.39, 0.29) is 0 Å². The molecule has 7 heteroatoms. The molecule has 2 heterocycles. The summed E-state index contributed by atoms with van der Waals surface area (Å²) in [5.41, 5.74) is 4.23. The quantitative estimate of drug-likeness (QED) is 0.671. The van der Waals surface area contributed by atoms with Crippen LogP contribution in [-0.2, 0) is 20.1 Å². The Bertz CT molecular complexity index is 629. The van der Waals surface area contributed by atoms with Gasteiger partial charge in [0.05, 0.1) is 18.8 Å². The lowest BCUT2D eigenvalue weighted by molar-refractivity contribution is 0.391. The molecule has 2 aromatic rings. The molecule has 1 N–H and O–H groups in total. The molecule has 0 bridgehead atoms. The van der Waals surface area contributed by atoms with Gasteiger partial charge in [0, 0.05) is 38.0 Å². The van der Waals surface area contributed by atoms with Crippen molar-refractivity contribution in [1.29, 1.82) is 0 Å². The molecule has 0 aliphatic heterocycles. The number of guanidine groups is 1. The highest BCUT2D eigenvalue weighted by molar-refractivity contribution is 5.79. The van der Waals surface area contributed by atoms with Gasteiger partial charge in [-0.25, -0.2) is 4.99 Å². The number of nitrogens with zero attached hydrogens (tertiary/aromatic N) is 5. The zero-order chi connectivity index (χ0) is 16.1. The predicted octanol–water partition coefficient (Wildman–Crippen LogP) is 1.62. The summed E-state index contributed by atoms with van der Waals surface area (Å²) in [5.74, 6) is 0.841. The Morgan fingerprint density at radius 3 is 2.77 bits per heavy atom. The Morgan fingerprint density at radius 1 is 1.45 bits per heavy atom. The van der Waals surface area contributed by atoms with E-state index >= 15 is 0 Å². The molecule has 0 radical (unpaired) electrons. The summed E-state index contributed by atoms with van der Waals surface area (Å²) in [6, 6.07) is 1.86. The molecule has 0 aliphatic carbocycles. The van der Waals surface area contributed by atoms with E-state index < -0.39 is 0 Å². The number of hydrogen-bond acceptors (Lipinski definition) is 4. The van der Waals surface area contributed by atoms with Crippen molar-refractivity contribution in [2.75, 3.05) is 13.6 Å². The van der Waals surface area contributed by atoms with E-state index in [1.807, 2.05) is 36.7 Å². The standard InChI is InChI=1S/C15H24N6O/c1-6-16-15(20(4)10-13-7-8-22-19-13)17-9-14-11(2)18-21(5)12(14)3/h7-8H,6,9-10H2,1-5H3,(H,16,17). The molecule has 0 aromatic carbocycles. The monoisotopic (exact) mass is 304 g/mol. The lowest BCUT2D eigenvalue weighted by atomic mass is 10.2. The second kappa shape index (κ2) is 7.11. The van der Waals surface area contributed by atoms with Crippen LogP contribution < -0.4 is 5.32 Å². The summed E-state index contributed by atoms with van der Waals surface area (Å²) in [5, 5.41) is 11.7. The van der Waals surface area contributed by atoms with E-state index in [4.69, 9.17) is 9.52 Å². The van der Waals surface area contributed by atoms with E-state index in [0.717, 1.165) is 29.6 Å². The Kier molecular flexibility index (Phi) is 5.19. The molecule has 0 spiro atoms. The fraction of sp³-hybridized carbons (Fsp3) is 0.533. The molecule has 120 valence electrons. The van der Waals surface area contributed by atoms with Crippen LogP contribution in [0.2, 0.25) is 0 Å². The Balaban J connectivity index is 2.12. The van der Waals surface area contributed by atoms with Gasteiger partial charge in [-0.1, -0.05) is 5.16 Å². The van der Waals surface area contributed by atoms with E-state index in [9.17, 15) is 0 Å². The van der Waals surface area contributed by atoms with Gasteiger partial charge in [0.25, 0.3) is 0 Å². The van der Waals surface area contributed by atoms with E-state index in [1.54, 1.807) is 6.26 Å². The predicted molar refractivity (Wildman–Crippen MR) is 85.5 cm³/mol. The molecule has 0 fully saturated rings. The first kappa shape index (κ1) is 16.1. The van der Waals surface area contributed by atoms with Gasteiger partial charge >= 0.3 is 0 Å². The van der Waals surface area contributed by atoms with Gasteiger partial charge in [-0.15, -0.1) is 0 Å². The average Bonchev–Trinajstić information content (AvgIpc) is 3.06. The lowest BCUT2D eigenvalue weighted by Crippen LogP contribution is -2.38. The molecular formula is C15H24N6O. The topological polar surface area (TPSA) is 71.5 Å². The number of aryl methyl sites for hydroxylation is 2. The first-order valence-corrected chi connectivity index (χ1v) is 7.40. The van der Waals surface area contributed by atoms with Crippen LogP contribution >= 0.6 is 0 Å². The zero-order valence-electron chi connectivity index (χ0n) is 13.9. The second-order valence-electron chi connectivity index (χ2n) is 5.29. The van der Waals surface area contributed by atoms with Gasteiger partial charge in [-0.05, 0) is 20.8 Å². The first-order valence-electron chi connectivity index (χ1n) is 7.40. The SMILES string of the molecule is CCNC(=NCc1c(C)nn(C)c1C)N(C)Cc1ccon1. The van der Waals surface area contributed by atoms with Gasteiger partial charge < -0.3 is 14.7 Å². The van der Waals surface area contributed by atoms with Gasteiger partial charge in [-0.3, -0.25) is 4.68 Å². The average molecular weight is 304 g/mol. The van der Waals surface area contributed by atoms with Crippen LogP contribution in [-0.4, -0.2) is 39.4 Å². The highest BCUT2D eigenvalue weighted by Crippen LogP contribution is 2.13. The minimum Gasteiger partial charge on any atom is -0.364 e. The van der Waals surface area contributed by atoms with Gasteiger partial charge in [0.15, 0.2) is 5.96 Å². The van der Waals surface area contributed by atoms with Crippen molar-refractivity contribution in [2.24, 2.45) is 12.0 Å². The van der Waals surface area contributed by atoms with Crippen LogP contribution in [0.25, 0.3) is 0 Å². The van der Waals surface area contributed by atoms with Crippen LogP contribution in [0.4, 0.5) is 0 Å². The number of nitrogens with one attached hydrogen (secondary N) is 1. The fourth-order valence-corrected chi connectivity index (χ4v) is 2.31. The summed E-state index contributed by atoms with van der Waals surface area (Å²) in [7, 11) is 3.94. The highest BCUT2D eigenvalue weighted by atomic mass is 16.5. The van der Waals surface area contributed by atoms with Crippen molar-refractivity contribution in [1.82, 2.24) is 25.2 Å². The Hall–Kier alpha value is -2.31. The molecule has 0 aliphatic rings. The molecule has 0 amide bonds. The fourth-order valence-electron chi connectivity index (χ4n) is 2.31. The lowest BCUT2D eigenvalue weighted by Gasteiger charge is -2.20. The maximum Gasteiger partial charge on any atom is 0.194 e. The van der Waals surface area contributed by atoms with Crippen molar-refractivity contribution >= 4 is 5.96 Å². The van der Waals surface area contributed by atoms with E-state index in [1.165, 1.54) is 5.56 Å². The van der Waals surface area contributed by atoms with Crippen molar-refractivity contribution < 1.29 is 4.52 Å². The molecule has 0 saturated heterocycles. The molecule has 2 aromatic heterocycles.